The van der Waals surface area contributed by atoms with E-state index in [4.69, 9.17) is 0 Å². The Balaban J connectivity index is 1.20. The Hall–Kier alpha value is -2.77. The molecule has 0 unspecified atom stereocenters. The van der Waals surface area contributed by atoms with Gasteiger partial charge in [0.05, 0.1) is 6.54 Å². The summed E-state index contributed by atoms with van der Waals surface area (Å²) in [5.41, 5.74) is 0.929. The highest BCUT2D eigenvalue weighted by Gasteiger charge is 2.35. The first-order valence-electron chi connectivity index (χ1n) is 9.60. The second kappa shape index (κ2) is 7.85. The Morgan fingerprint density at radius 1 is 1.00 bits per heavy atom. The molecule has 0 radical (unpaired) electrons. The van der Waals surface area contributed by atoms with Crippen molar-refractivity contribution < 1.29 is 9.59 Å². The number of benzene rings is 1. The van der Waals surface area contributed by atoms with Crippen LogP contribution in [0.25, 0.3) is 11.4 Å². The van der Waals surface area contributed by atoms with Gasteiger partial charge in [-0.05, 0) is 24.5 Å². The van der Waals surface area contributed by atoms with E-state index in [-0.39, 0.29) is 17.7 Å². The molecule has 27 heavy (non-hydrogen) atoms. The molecule has 1 aliphatic heterocycles. The fraction of sp³-hybridized carbons (Fsp3) is 0.526. The van der Waals surface area contributed by atoms with E-state index in [2.05, 4.69) is 15.4 Å². The molecule has 4 rings (SSSR count). The summed E-state index contributed by atoms with van der Waals surface area (Å²) >= 11 is 0. The second-order valence-electron chi connectivity index (χ2n) is 7.16. The summed E-state index contributed by atoms with van der Waals surface area (Å²) in [6.45, 7) is 3.15. The van der Waals surface area contributed by atoms with Crippen LogP contribution in [0.5, 0.6) is 0 Å². The number of nitrogens with zero attached hydrogens (tertiary/aromatic N) is 6. The first-order valence-corrected chi connectivity index (χ1v) is 9.60. The van der Waals surface area contributed by atoms with Crippen molar-refractivity contribution in [1.82, 2.24) is 30.0 Å². The van der Waals surface area contributed by atoms with Crippen LogP contribution in [0.1, 0.15) is 25.7 Å². The monoisotopic (exact) mass is 368 g/mol. The maximum atomic E-state index is 12.4. The van der Waals surface area contributed by atoms with E-state index in [0.717, 1.165) is 18.4 Å². The van der Waals surface area contributed by atoms with Crippen molar-refractivity contribution in [3.05, 3.63) is 30.3 Å². The summed E-state index contributed by atoms with van der Waals surface area (Å²) in [5, 5.41) is 12.5. The molecule has 8 nitrogen and oxygen atoms in total. The van der Waals surface area contributed by atoms with Gasteiger partial charge in [-0.2, -0.15) is 4.80 Å². The minimum Gasteiger partial charge on any atom is -0.339 e. The maximum absolute atomic E-state index is 12.4. The van der Waals surface area contributed by atoms with Crippen molar-refractivity contribution in [2.24, 2.45) is 5.92 Å². The quantitative estimate of drug-likeness (QED) is 0.765. The highest BCUT2D eigenvalue weighted by molar-refractivity contribution is 5.81. The van der Waals surface area contributed by atoms with Crippen LogP contribution < -0.4 is 0 Å². The van der Waals surface area contributed by atoms with Gasteiger partial charge in [0.25, 0.3) is 0 Å². The normalized spacial score (nSPS) is 17.2. The van der Waals surface area contributed by atoms with Gasteiger partial charge >= 0.3 is 0 Å². The molecule has 2 aliphatic rings. The third-order valence-corrected chi connectivity index (χ3v) is 5.10. The van der Waals surface area contributed by atoms with Crippen molar-refractivity contribution in [2.75, 3.05) is 26.2 Å². The Bertz CT molecular complexity index is 794. The number of piperazine rings is 1. The van der Waals surface area contributed by atoms with Crippen LogP contribution in [0.2, 0.25) is 0 Å². The third kappa shape index (κ3) is 4.32. The second-order valence-corrected chi connectivity index (χ2v) is 7.16. The number of carbonyl (C=O) groups is 2. The van der Waals surface area contributed by atoms with Gasteiger partial charge in [-0.1, -0.05) is 30.3 Å². The van der Waals surface area contributed by atoms with E-state index in [1.807, 2.05) is 40.1 Å². The van der Waals surface area contributed by atoms with Crippen LogP contribution in [0, 0.1) is 5.92 Å². The Labute approximate surface area is 158 Å². The SMILES string of the molecule is O=C(CCCn1nnc(-c2ccccc2)n1)N1CCN(C(=O)C2CC2)CC1. The predicted octanol–water partition coefficient (Wildman–Crippen LogP) is 1.20. The molecule has 1 aromatic heterocycles. The Morgan fingerprint density at radius 2 is 1.70 bits per heavy atom. The zero-order valence-corrected chi connectivity index (χ0v) is 15.3. The number of carbonyl (C=O) groups excluding carboxylic acids is 2. The van der Waals surface area contributed by atoms with Crippen LogP contribution in [-0.4, -0.2) is 68.0 Å². The molecule has 142 valence electrons. The zero-order chi connectivity index (χ0) is 18.6. The highest BCUT2D eigenvalue weighted by atomic mass is 16.2. The number of amides is 2. The van der Waals surface area contributed by atoms with Crippen molar-refractivity contribution in [3.63, 3.8) is 0 Å². The zero-order valence-electron chi connectivity index (χ0n) is 15.3. The average molecular weight is 368 g/mol. The molecular formula is C19H24N6O2. The lowest BCUT2D eigenvalue weighted by molar-refractivity contribution is -0.140. The van der Waals surface area contributed by atoms with Gasteiger partial charge in [0.2, 0.25) is 17.6 Å². The molecule has 0 N–H and O–H groups in total. The van der Waals surface area contributed by atoms with Crippen LogP contribution in [0.4, 0.5) is 0 Å². The first kappa shape index (κ1) is 17.6. The summed E-state index contributed by atoms with van der Waals surface area (Å²) in [7, 11) is 0. The summed E-state index contributed by atoms with van der Waals surface area (Å²) in [6.07, 6.45) is 3.18. The van der Waals surface area contributed by atoms with E-state index < -0.39 is 0 Å². The summed E-state index contributed by atoms with van der Waals surface area (Å²) in [6, 6.07) is 9.71. The number of hydrogen-bond acceptors (Lipinski definition) is 5. The largest absolute Gasteiger partial charge is 0.339 e. The fourth-order valence-electron chi connectivity index (χ4n) is 3.34. The number of aromatic nitrogens is 4. The lowest BCUT2D eigenvalue weighted by Gasteiger charge is -2.35. The van der Waals surface area contributed by atoms with E-state index in [0.29, 0.717) is 51.4 Å². The van der Waals surface area contributed by atoms with Gasteiger partial charge < -0.3 is 9.80 Å². The number of rotatable bonds is 6. The molecule has 1 saturated heterocycles. The van der Waals surface area contributed by atoms with Crippen LogP contribution in [-0.2, 0) is 16.1 Å². The van der Waals surface area contributed by atoms with E-state index in [1.54, 1.807) is 4.80 Å². The Morgan fingerprint density at radius 3 is 2.41 bits per heavy atom. The third-order valence-electron chi connectivity index (χ3n) is 5.10. The van der Waals surface area contributed by atoms with E-state index in [1.165, 1.54) is 0 Å². The van der Waals surface area contributed by atoms with Crippen LogP contribution >= 0.6 is 0 Å². The maximum Gasteiger partial charge on any atom is 0.225 e. The lowest BCUT2D eigenvalue weighted by atomic mass is 10.2. The molecule has 2 heterocycles. The molecule has 2 aromatic rings. The molecule has 2 amide bonds. The number of tetrazole rings is 1. The van der Waals surface area contributed by atoms with Gasteiger partial charge in [-0.15, -0.1) is 10.2 Å². The Kier molecular flexibility index (Phi) is 5.13. The smallest absolute Gasteiger partial charge is 0.225 e. The minimum absolute atomic E-state index is 0.136. The van der Waals surface area contributed by atoms with E-state index >= 15 is 0 Å². The molecule has 2 fully saturated rings. The minimum atomic E-state index is 0.136. The number of hydrogen-bond donors (Lipinski definition) is 0. The summed E-state index contributed by atoms with van der Waals surface area (Å²) < 4.78 is 0. The number of aryl methyl sites for hydroxylation is 1. The molecule has 0 bridgehead atoms. The summed E-state index contributed by atoms with van der Waals surface area (Å²) in [5.74, 6) is 1.26. The van der Waals surface area contributed by atoms with Crippen molar-refractivity contribution in [3.8, 4) is 11.4 Å². The van der Waals surface area contributed by atoms with Gasteiger partial charge in [-0.25, -0.2) is 0 Å². The van der Waals surface area contributed by atoms with E-state index in [9.17, 15) is 9.59 Å². The molecule has 0 atom stereocenters. The molecule has 1 aliphatic carbocycles. The standard InChI is InChI=1S/C19H24N6O2/c26-17(23-11-13-24(14-12-23)19(27)16-8-9-16)7-4-10-25-21-18(20-22-25)15-5-2-1-3-6-15/h1-3,5-6,16H,4,7-14H2. The first-order chi connectivity index (χ1) is 13.2. The van der Waals surface area contributed by atoms with Gasteiger partial charge in [0.15, 0.2) is 0 Å². The molecule has 0 spiro atoms. The van der Waals surface area contributed by atoms with Crippen molar-refractivity contribution >= 4 is 11.8 Å². The highest BCUT2D eigenvalue weighted by Crippen LogP contribution is 2.31. The van der Waals surface area contributed by atoms with Crippen LogP contribution in [0.15, 0.2) is 30.3 Å². The molecule has 1 saturated carbocycles. The van der Waals surface area contributed by atoms with Gasteiger partial charge in [0, 0.05) is 44.1 Å². The fourth-order valence-corrected chi connectivity index (χ4v) is 3.34. The summed E-state index contributed by atoms with van der Waals surface area (Å²) in [4.78, 5) is 29.8. The predicted molar refractivity (Wildman–Crippen MR) is 98.4 cm³/mol. The molecular weight excluding hydrogens is 344 g/mol. The van der Waals surface area contributed by atoms with Gasteiger partial charge in [0.1, 0.15) is 0 Å². The lowest BCUT2D eigenvalue weighted by Crippen LogP contribution is -2.51. The van der Waals surface area contributed by atoms with Crippen molar-refractivity contribution in [2.45, 2.75) is 32.2 Å². The van der Waals surface area contributed by atoms with Crippen molar-refractivity contribution in [1.29, 1.82) is 0 Å². The van der Waals surface area contributed by atoms with Gasteiger partial charge in [-0.3, -0.25) is 9.59 Å². The molecule has 1 aromatic carbocycles. The van der Waals surface area contributed by atoms with Crippen LogP contribution in [0.3, 0.4) is 0 Å². The topological polar surface area (TPSA) is 84.2 Å². The molecule has 8 heteroatoms. The average Bonchev–Trinajstić information content (AvgIpc) is 3.46.